The Morgan fingerprint density at radius 1 is 1.44 bits per heavy atom. The van der Waals surface area contributed by atoms with Gasteiger partial charge in [-0.25, -0.2) is 0 Å². The van der Waals surface area contributed by atoms with Crippen LogP contribution in [0.2, 0.25) is 0 Å². The van der Waals surface area contributed by atoms with Crippen molar-refractivity contribution in [1.82, 2.24) is 10.2 Å². The van der Waals surface area contributed by atoms with E-state index in [2.05, 4.69) is 12.2 Å². The van der Waals surface area contributed by atoms with Gasteiger partial charge >= 0.3 is 0 Å². The summed E-state index contributed by atoms with van der Waals surface area (Å²) in [5, 5.41) is 3.42. The highest BCUT2D eigenvalue weighted by atomic mass is 16.5. The lowest BCUT2D eigenvalue weighted by molar-refractivity contribution is -0.136. The van der Waals surface area contributed by atoms with E-state index in [1.165, 1.54) is 6.42 Å². The molecule has 1 rings (SSSR count). The minimum atomic E-state index is 0.0849. The SMILES string of the molecule is CCCN(CC1CCCN1)C(=O)COCCOC. The molecule has 0 aromatic heterocycles. The Balaban J connectivity index is 2.27. The van der Waals surface area contributed by atoms with E-state index in [0.717, 1.165) is 32.5 Å². The van der Waals surface area contributed by atoms with Crippen molar-refractivity contribution < 1.29 is 14.3 Å². The van der Waals surface area contributed by atoms with Crippen molar-refractivity contribution in [3.8, 4) is 0 Å². The molecule has 0 spiro atoms. The lowest BCUT2D eigenvalue weighted by Crippen LogP contribution is -2.43. The molecule has 1 N–H and O–H groups in total. The van der Waals surface area contributed by atoms with E-state index >= 15 is 0 Å². The maximum Gasteiger partial charge on any atom is 0.248 e. The van der Waals surface area contributed by atoms with Gasteiger partial charge < -0.3 is 19.7 Å². The van der Waals surface area contributed by atoms with Gasteiger partial charge in [-0.15, -0.1) is 0 Å². The third-order valence-corrected chi connectivity index (χ3v) is 3.11. The predicted octanol–water partition coefficient (Wildman–Crippen LogP) is 0.640. The summed E-state index contributed by atoms with van der Waals surface area (Å²) < 4.78 is 10.2. The first kappa shape index (κ1) is 15.4. The molecular weight excluding hydrogens is 232 g/mol. The summed E-state index contributed by atoms with van der Waals surface area (Å²) in [7, 11) is 1.63. The number of nitrogens with zero attached hydrogens (tertiary/aromatic N) is 1. The summed E-state index contributed by atoms with van der Waals surface area (Å²) in [5.74, 6) is 0.0849. The van der Waals surface area contributed by atoms with E-state index in [9.17, 15) is 4.79 Å². The number of hydrogen-bond acceptors (Lipinski definition) is 4. The summed E-state index contributed by atoms with van der Waals surface area (Å²) in [4.78, 5) is 13.9. The van der Waals surface area contributed by atoms with Crippen LogP contribution in [0, 0.1) is 0 Å². The summed E-state index contributed by atoms with van der Waals surface area (Å²) >= 11 is 0. The maximum absolute atomic E-state index is 12.0. The fourth-order valence-electron chi connectivity index (χ4n) is 2.16. The lowest BCUT2D eigenvalue weighted by Gasteiger charge is -2.25. The quantitative estimate of drug-likeness (QED) is 0.617. The first-order chi connectivity index (χ1) is 8.77. The molecule has 5 nitrogen and oxygen atoms in total. The molecule has 1 fully saturated rings. The van der Waals surface area contributed by atoms with Gasteiger partial charge in [0.15, 0.2) is 0 Å². The van der Waals surface area contributed by atoms with Crippen molar-refractivity contribution >= 4 is 5.91 Å². The fraction of sp³-hybridized carbons (Fsp3) is 0.923. The van der Waals surface area contributed by atoms with Gasteiger partial charge in [0.05, 0.1) is 13.2 Å². The number of rotatable bonds is 9. The summed E-state index contributed by atoms with van der Waals surface area (Å²) in [6.07, 6.45) is 3.36. The molecule has 1 atom stereocenters. The number of carbonyl (C=O) groups excluding carboxylic acids is 1. The highest BCUT2D eigenvalue weighted by Gasteiger charge is 2.20. The molecule has 0 radical (unpaired) electrons. The molecule has 18 heavy (non-hydrogen) atoms. The molecule has 1 saturated heterocycles. The second-order valence-corrected chi connectivity index (χ2v) is 4.68. The molecule has 0 saturated carbocycles. The molecule has 1 aliphatic heterocycles. The molecule has 0 aliphatic carbocycles. The van der Waals surface area contributed by atoms with Gasteiger partial charge in [-0.2, -0.15) is 0 Å². The van der Waals surface area contributed by atoms with Gasteiger partial charge in [-0.1, -0.05) is 6.92 Å². The van der Waals surface area contributed by atoms with E-state index in [1.54, 1.807) is 7.11 Å². The fourth-order valence-corrected chi connectivity index (χ4v) is 2.16. The zero-order valence-corrected chi connectivity index (χ0v) is 11.6. The van der Waals surface area contributed by atoms with Crippen molar-refractivity contribution in [3.63, 3.8) is 0 Å². The van der Waals surface area contributed by atoms with Crippen LogP contribution in [-0.4, -0.2) is 63.4 Å². The lowest BCUT2D eigenvalue weighted by atomic mass is 10.2. The largest absolute Gasteiger partial charge is 0.382 e. The molecule has 0 aromatic rings. The van der Waals surface area contributed by atoms with Gasteiger partial charge in [0.2, 0.25) is 5.91 Å². The van der Waals surface area contributed by atoms with Crippen LogP contribution in [-0.2, 0) is 14.3 Å². The van der Waals surface area contributed by atoms with Gasteiger partial charge in [-0.05, 0) is 25.8 Å². The molecule has 0 aromatic carbocycles. The smallest absolute Gasteiger partial charge is 0.248 e. The molecule has 1 heterocycles. The van der Waals surface area contributed by atoms with Gasteiger partial charge in [-0.3, -0.25) is 4.79 Å². The predicted molar refractivity (Wildman–Crippen MR) is 70.6 cm³/mol. The molecule has 106 valence electrons. The third kappa shape index (κ3) is 5.80. The Morgan fingerprint density at radius 2 is 2.28 bits per heavy atom. The molecule has 1 amide bonds. The minimum absolute atomic E-state index is 0.0849. The number of carbonyl (C=O) groups is 1. The van der Waals surface area contributed by atoms with Crippen molar-refractivity contribution in [2.24, 2.45) is 0 Å². The van der Waals surface area contributed by atoms with E-state index in [4.69, 9.17) is 9.47 Å². The zero-order chi connectivity index (χ0) is 13.2. The Labute approximate surface area is 110 Å². The van der Waals surface area contributed by atoms with Crippen LogP contribution in [0.3, 0.4) is 0 Å². The van der Waals surface area contributed by atoms with Crippen LogP contribution in [0.25, 0.3) is 0 Å². The summed E-state index contributed by atoms with van der Waals surface area (Å²) in [6.45, 7) is 5.95. The Morgan fingerprint density at radius 3 is 2.89 bits per heavy atom. The number of methoxy groups -OCH3 is 1. The van der Waals surface area contributed by atoms with Crippen molar-refractivity contribution in [1.29, 1.82) is 0 Å². The first-order valence-electron chi connectivity index (χ1n) is 6.85. The number of amides is 1. The highest BCUT2D eigenvalue weighted by molar-refractivity contribution is 5.77. The zero-order valence-electron chi connectivity index (χ0n) is 11.6. The molecule has 1 aliphatic rings. The highest BCUT2D eigenvalue weighted by Crippen LogP contribution is 2.07. The second-order valence-electron chi connectivity index (χ2n) is 4.68. The van der Waals surface area contributed by atoms with E-state index < -0.39 is 0 Å². The van der Waals surface area contributed by atoms with Gasteiger partial charge in [0.25, 0.3) is 0 Å². The molecule has 0 bridgehead atoms. The minimum Gasteiger partial charge on any atom is -0.382 e. The van der Waals surface area contributed by atoms with Crippen molar-refractivity contribution in [3.05, 3.63) is 0 Å². The van der Waals surface area contributed by atoms with Crippen LogP contribution in [0.15, 0.2) is 0 Å². The van der Waals surface area contributed by atoms with Crippen LogP contribution >= 0.6 is 0 Å². The standard InChI is InChI=1S/C13H26N2O3/c1-3-7-15(10-12-5-4-6-14-12)13(16)11-18-9-8-17-2/h12,14H,3-11H2,1-2H3. The third-order valence-electron chi connectivity index (χ3n) is 3.11. The van der Waals surface area contributed by atoms with Crippen molar-refractivity contribution in [2.75, 3.05) is 46.6 Å². The van der Waals surface area contributed by atoms with E-state index in [1.807, 2.05) is 4.90 Å². The van der Waals surface area contributed by atoms with Gasteiger partial charge in [0.1, 0.15) is 6.61 Å². The Kier molecular flexibility index (Phi) is 7.96. The number of ether oxygens (including phenoxy) is 2. The normalized spacial score (nSPS) is 19.1. The summed E-state index contributed by atoms with van der Waals surface area (Å²) in [6, 6.07) is 0.458. The second kappa shape index (κ2) is 9.30. The topological polar surface area (TPSA) is 50.8 Å². The molecule has 5 heteroatoms. The molecular formula is C13H26N2O3. The van der Waals surface area contributed by atoms with E-state index in [-0.39, 0.29) is 12.5 Å². The Bertz CT molecular complexity index is 230. The van der Waals surface area contributed by atoms with Crippen LogP contribution in [0.4, 0.5) is 0 Å². The van der Waals surface area contributed by atoms with Crippen LogP contribution in [0.5, 0.6) is 0 Å². The first-order valence-corrected chi connectivity index (χ1v) is 6.85. The van der Waals surface area contributed by atoms with Crippen LogP contribution < -0.4 is 5.32 Å². The Hall–Kier alpha value is -0.650. The van der Waals surface area contributed by atoms with Crippen LogP contribution in [0.1, 0.15) is 26.2 Å². The van der Waals surface area contributed by atoms with Crippen molar-refractivity contribution in [2.45, 2.75) is 32.2 Å². The van der Waals surface area contributed by atoms with Gasteiger partial charge in [0, 0.05) is 26.2 Å². The monoisotopic (exact) mass is 258 g/mol. The molecule has 1 unspecified atom stereocenters. The maximum atomic E-state index is 12.0. The number of nitrogens with one attached hydrogen (secondary N) is 1. The average molecular weight is 258 g/mol. The average Bonchev–Trinajstić information content (AvgIpc) is 2.87. The van der Waals surface area contributed by atoms with E-state index in [0.29, 0.717) is 19.3 Å². The number of hydrogen-bond donors (Lipinski definition) is 1. The summed E-state index contributed by atoms with van der Waals surface area (Å²) in [5.41, 5.74) is 0.